The van der Waals surface area contributed by atoms with E-state index in [0.29, 0.717) is 10.2 Å². The first-order chi connectivity index (χ1) is 16.6. The van der Waals surface area contributed by atoms with Crippen LogP contribution in [0.3, 0.4) is 0 Å². The van der Waals surface area contributed by atoms with Gasteiger partial charge >= 0.3 is 0 Å². The van der Waals surface area contributed by atoms with Crippen molar-refractivity contribution in [2.24, 2.45) is 0 Å². The highest BCUT2D eigenvalue weighted by Gasteiger charge is 2.24. The summed E-state index contributed by atoms with van der Waals surface area (Å²) in [7, 11) is 1.63. The van der Waals surface area contributed by atoms with E-state index in [0.717, 1.165) is 42.2 Å². The SMILES string of the molecule is COc1ccc(-c2cc3ncn(CC(=O)N[C@@H]4CCN(Cc5ccccc5)C4)c(=O)c3s2)cc1. The van der Waals surface area contributed by atoms with Crippen molar-refractivity contribution < 1.29 is 9.53 Å². The molecule has 3 heterocycles. The third-order valence-corrected chi connectivity index (χ3v) is 7.24. The first-order valence-electron chi connectivity index (χ1n) is 11.3. The van der Waals surface area contributed by atoms with E-state index in [-0.39, 0.29) is 24.1 Å². The van der Waals surface area contributed by atoms with Crippen molar-refractivity contribution in [3.63, 3.8) is 0 Å². The number of methoxy groups -OCH3 is 1. The number of thiophene rings is 1. The molecule has 4 aromatic rings. The molecule has 8 heteroatoms. The van der Waals surface area contributed by atoms with Gasteiger partial charge in [-0.1, -0.05) is 30.3 Å². The Balaban J connectivity index is 1.23. The van der Waals surface area contributed by atoms with Gasteiger partial charge in [0.25, 0.3) is 5.56 Å². The molecule has 0 spiro atoms. The van der Waals surface area contributed by atoms with Crippen LogP contribution in [0.4, 0.5) is 0 Å². The van der Waals surface area contributed by atoms with Crippen LogP contribution in [-0.2, 0) is 17.9 Å². The van der Waals surface area contributed by atoms with Gasteiger partial charge in [-0.2, -0.15) is 0 Å². The number of amides is 1. The van der Waals surface area contributed by atoms with Crippen LogP contribution in [0.1, 0.15) is 12.0 Å². The molecule has 0 bridgehead atoms. The summed E-state index contributed by atoms with van der Waals surface area (Å²) in [6, 6.07) is 20.0. The fourth-order valence-corrected chi connectivity index (χ4v) is 5.38. The quantitative estimate of drug-likeness (QED) is 0.444. The van der Waals surface area contributed by atoms with Crippen LogP contribution in [0.25, 0.3) is 20.7 Å². The monoisotopic (exact) mass is 474 g/mol. The van der Waals surface area contributed by atoms with Crippen LogP contribution in [0.15, 0.2) is 71.8 Å². The van der Waals surface area contributed by atoms with E-state index in [9.17, 15) is 9.59 Å². The maximum absolute atomic E-state index is 13.0. The number of hydrogen-bond donors (Lipinski definition) is 1. The standard InChI is InChI=1S/C26H26N4O3S/c1-33-21-9-7-19(8-10-21)23-13-22-25(34-23)26(32)30(17-27-22)16-24(31)28-20-11-12-29(15-20)14-18-5-3-2-4-6-18/h2-10,13,17,20H,11-12,14-16H2,1H3,(H,28,31)/t20-/m1/s1. The van der Waals surface area contributed by atoms with Gasteiger partial charge in [-0.3, -0.25) is 19.1 Å². The number of rotatable bonds is 7. The van der Waals surface area contributed by atoms with Crippen molar-refractivity contribution >= 4 is 27.5 Å². The van der Waals surface area contributed by atoms with E-state index in [1.54, 1.807) is 7.11 Å². The van der Waals surface area contributed by atoms with E-state index in [1.165, 1.54) is 27.8 Å². The van der Waals surface area contributed by atoms with Gasteiger partial charge in [0.05, 0.1) is 19.0 Å². The lowest BCUT2D eigenvalue weighted by atomic mass is 10.2. The van der Waals surface area contributed by atoms with Crippen LogP contribution < -0.4 is 15.6 Å². The van der Waals surface area contributed by atoms with Gasteiger partial charge in [0.1, 0.15) is 17.0 Å². The molecular formula is C26H26N4O3S. The molecule has 5 rings (SSSR count). The van der Waals surface area contributed by atoms with Crippen molar-refractivity contribution in [3.8, 4) is 16.2 Å². The zero-order chi connectivity index (χ0) is 23.5. The lowest BCUT2D eigenvalue weighted by Crippen LogP contribution is -2.40. The molecule has 1 aliphatic rings. The minimum atomic E-state index is -0.193. The number of aromatic nitrogens is 2. The molecule has 0 unspecified atom stereocenters. The van der Waals surface area contributed by atoms with Crippen molar-refractivity contribution in [3.05, 3.63) is 82.9 Å². The third-order valence-electron chi connectivity index (χ3n) is 6.08. The minimum absolute atomic E-state index is 0.0350. The number of ether oxygens (including phenoxy) is 1. The maximum Gasteiger partial charge on any atom is 0.271 e. The van der Waals surface area contributed by atoms with Crippen LogP contribution in [0, 0.1) is 0 Å². The summed E-state index contributed by atoms with van der Waals surface area (Å²) in [5.41, 5.74) is 2.71. The lowest BCUT2D eigenvalue weighted by molar-refractivity contribution is -0.122. The van der Waals surface area contributed by atoms with Gasteiger partial charge in [0.15, 0.2) is 0 Å². The van der Waals surface area contributed by atoms with Gasteiger partial charge in [0.2, 0.25) is 5.91 Å². The Kier molecular flexibility index (Phi) is 6.42. The normalized spacial score (nSPS) is 16.1. The van der Waals surface area contributed by atoms with Gasteiger partial charge in [-0.25, -0.2) is 4.98 Å². The average molecular weight is 475 g/mol. The number of carbonyl (C=O) groups excluding carboxylic acids is 1. The third kappa shape index (κ3) is 4.88. The van der Waals surface area contributed by atoms with Crippen molar-refractivity contribution in [1.29, 1.82) is 0 Å². The zero-order valence-corrected chi connectivity index (χ0v) is 19.8. The molecule has 2 aromatic heterocycles. The number of nitrogens with zero attached hydrogens (tertiary/aromatic N) is 3. The Morgan fingerprint density at radius 2 is 1.97 bits per heavy atom. The minimum Gasteiger partial charge on any atom is -0.497 e. The maximum atomic E-state index is 13.0. The summed E-state index contributed by atoms with van der Waals surface area (Å²) in [5.74, 6) is 0.614. The van der Waals surface area contributed by atoms with Gasteiger partial charge in [0, 0.05) is 30.6 Å². The smallest absolute Gasteiger partial charge is 0.271 e. The molecule has 174 valence electrons. The summed E-state index contributed by atoms with van der Waals surface area (Å²) in [4.78, 5) is 33.4. The first-order valence-corrected chi connectivity index (χ1v) is 12.1. The van der Waals surface area contributed by atoms with E-state index in [1.807, 2.05) is 48.5 Å². The molecule has 34 heavy (non-hydrogen) atoms. The Bertz CT molecular complexity index is 1350. The summed E-state index contributed by atoms with van der Waals surface area (Å²) in [6.07, 6.45) is 2.37. The lowest BCUT2D eigenvalue weighted by Gasteiger charge is -2.17. The molecule has 2 aromatic carbocycles. The molecule has 1 amide bonds. The Morgan fingerprint density at radius 1 is 1.18 bits per heavy atom. The van der Waals surface area contributed by atoms with E-state index in [2.05, 4.69) is 27.3 Å². The predicted molar refractivity (Wildman–Crippen MR) is 134 cm³/mol. The predicted octanol–water partition coefficient (Wildman–Crippen LogP) is 3.52. The second-order valence-electron chi connectivity index (χ2n) is 8.50. The van der Waals surface area contributed by atoms with Gasteiger partial charge < -0.3 is 10.1 Å². The van der Waals surface area contributed by atoms with Gasteiger partial charge in [-0.15, -0.1) is 11.3 Å². The second kappa shape index (κ2) is 9.79. The largest absolute Gasteiger partial charge is 0.497 e. The molecule has 1 saturated heterocycles. The average Bonchev–Trinajstić information content (AvgIpc) is 3.49. The number of benzene rings is 2. The molecule has 1 atom stereocenters. The highest BCUT2D eigenvalue weighted by molar-refractivity contribution is 7.22. The van der Waals surface area contributed by atoms with E-state index < -0.39 is 0 Å². The molecule has 1 N–H and O–H groups in total. The zero-order valence-electron chi connectivity index (χ0n) is 18.9. The highest BCUT2D eigenvalue weighted by Crippen LogP contribution is 2.31. The van der Waals surface area contributed by atoms with Crippen molar-refractivity contribution in [1.82, 2.24) is 19.8 Å². The summed E-state index contributed by atoms with van der Waals surface area (Å²) in [5, 5.41) is 3.08. The Labute approximate surface area is 201 Å². The molecule has 1 fully saturated rings. The summed E-state index contributed by atoms with van der Waals surface area (Å²) >= 11 is 1.39. The van der Waals surface area contributed by atoms with Crippen molar-refractivity contribution in [2.45, 2.75) is 25.6 Å². The number of nitrogens with one attached hydrogen (secondary N) is 1. The fourth-order valence-electron chi connectivity index (χ4n) is 4.32. The van der Waals surface area contributed by atoms with Gasteiger partial charge in [-0.05, 0) is 47.9 Å². The first kappa shape index (κ1) is 22.3. The van der Waals surface area contributed by atoms with Crippen molar-refractivity contribution in [2.75, 3.05) is 20.2 Å². The molecule has 0 saturated carbocycles. The van der Waals surface area contributed by atoms with E-state index in [4.69, 9.17) is 4.74 Å². The number of fused-ring (bicyclic) bond motifs is 1. The number of likely N-dealkylation sites (tertiary alicyclic amines) is 1. The second-order valence-corrected chi connectivity index (χ2v) is 9.56. The summed E-state index contributed by atoms with van der Waals surface area (Å²) < 4.78 is 7.16. The summed E-state index contributed by atoms with van der Waals surface area (Å²) in [6.45, 7) is 2.59. The molecule has 0 radical (unpaired) electrons. The Hall–Kier alpha value is -3.49. The highest BCUT2D eigenvalue weighted by atomic mass is 32.1. The molecular weight excluding hydrogens is 448 g/mol. The fraction of sp³-hybridized carbons (Fsp3) is 0.269. The molecule has 7 nitrogen and oxygen atoms in total. The van der Waals surface area contributed by atoms with Crippen LogP contribution in [0.2, 0.25) is 0 Å². The van der Waals surface area contributed by atoms with E-state index >= 15 is 0 Å². The number of carbonyl (C=O) groups is 1. The number of hydrogen-bond acceptors (Lipinski definition) is 6. The molecule has 1 aliphatic heterocycles. The van der Waals surface area contributed by atoms with Crippen LogP contribution in [0.5, 0.6) is 5.75 Å². The van der Waals surface area contributed by atoms with Crippen LogP contribution >= 0.6 is 11.3 Å². The van der Waals surface area contributed by atoms with Crippen LogP contribution in [-0.4, -0.2) is 46.6 Å². The Morgan fingerprint density at radius 3 is 2.74 bits per heavy atom. The topological polar surface area (TPSA) is 76.5 Å². The molecule has 0 aliphatic carbocycles.